The van der Waals surface area contributed by atoms with Crippen LogP contribution in [0, 0.1) is 0 Å². The van der Waals surface area contributed by atoms with Gasteiger partial charge < -0.3 is 15.4 Å². The first-order chi connectivity index (χ1) is 6.97. The summed E-state index contributed by atoms with van der Waals surface area (Å²) in [5, 5.41) is 0. The van der Waals surface area contributed by atoms with Gasteiger partial charge in [-0.05, 0) is 33.5 Å². The Morgan fingerprint density at radius 1 is 1.40 bits per heavy atom. The van der Waals surface area contributed by atoms with E-state index >= 15 is 0 Å². The highest BCUT2D eigenvalue weighted by molar-refractivity contribution is 5.88. The Balaban J connectivity index is 3.69. The maximum Gasteiger partial charge on any atom is 0.330 e. The van der Waals surface area contributed by atoms with Crippen LogP contribution in [0.4, 0.5) is 0 Å². The van der Waals surface area contributed by atoms with E-state index in [0.717, 1.165) is 6.54 Å². The Morgan fingerprint density at radius 2 is 2.00 bits per heavy atom. The molecule has 0 aliphatic carbocycles. The number of hydrogen-bond acceptors (Lipinski definition) is 5. The SMILES string of the molecule is CCC(N)C(=O)OC(=O)CCCN(C)C. The molecule has 1 atom stereocenters. The lowest BCUT2D eigenvalue weighted by molar-refractivity contribution is -0.160. The molecule has 0 aliphatic heterocycles. The molecule has 0 saturated heterocycles. The summed E-state index contributed by atoms with van der Waals surface area (Å²) < 4.78 is 4.56. The minimum atomic E-state index is -0.692. The summed E-state index contributed by atoms with van der Waals surface area (Å²) in [6, 6.07) is -0.692. The molecule has 0 aromatic rings. The summed E-state index contributed by atoms with van der Waals surface area (Å²) >= 11 is 0. The fourth-order valence-electron chi connectivity index (χ4n) is 0.945. The lowest BCUT2D eigenvalue weighted by Crippen LogP contribution is -2.33. The quantitative estimate of drug-likeness (QED) is 0.505. The molecular weight excluding hydrogens is 196 g/mol. The first kappa shape index (κ1) is 14.1. The predicted molar refractivity (Wildman–Crippen MR) is 57.2 cm³/mol. The topological polar surface area (TPSA) is 72.6 Å². The highest BCUT2D eigenvalue weighted by Gasteiger charge is 2.16. The average molecular weight is 216 g/mol. The van der Waals surface area contributed by atoms with Crippen molar-refractivity contribution in [3.63, 3.8) is 0 Å². The van der Waals surface area contributed by atoms with Gasteiger partial charge in [0.2, 0.25) is 0 Å². The number of rotatable bonds is 6. The van der Waals surface area contributed by atoms with E-state index in [-0.39, 0.29) is 6.42 Å². The van der Waals surface area contributed by atoms with E-state index in [1.165, 1.54) is 0 Å². The zero-order chi connectivity index (χ0) is 11.8. The molecule has 0 aromatic carbocycles. The summed E-state index contributed by atoms with van der Waals surface area (Å²) in [4.78, 5) is 24.2. The second kappa shape index (κ2) is 7.36. The van der Waals surface area contributed by atoms with Gasteiger partial charge in [0.05, 0.1) is 0 Å². The smallest absolute Gasteiger partial charge is 0.330 e. The van der Waals surface area contributed by atoms with Crippen molar-refractivity contribution in [2.45, 2.75) is 32.2 Å². The van der Waals surface area contributed by atoms with E-state index in [4.69, 9.17) is 5.73 Å². The first-order valence-electron chi connectivity index (χ1n) is 5.12. The molecule has 0 heterocycles. The summed E-state index contributed by atoms with van der Waals surface area (Å²) in [5.41, 5.74) is 5.41. The largest absolute Gasteiger partial charge is 0.392 e. The Hall–Kier alpha value is -0.940. The molecule has 1 unspecified atom stereocenters. The van der Waals surface area contributed by atoms with Crippen molar-refractivity contribution < 1.29 is 14.3 Å². The molecule has 15 heavy (non-hydrogen) atoms. The molecule has 5 heteroatoms. The number of nitrogens with zero attached hydrogens (tertiary/aromatic N) is 1. The fourth-order valence-corrected chi connectivity index (χ4v) is 0.945. The van der Waals surface area contributed by atoms with E-state index in [0.29, 0.717) is 12.8 Å². The van der Waals surface area contributed by atoms with Crippen LogP contribution < -0.4 is 5.73 Å². The standard InChI is InChI=1S/C10H20N2O3/c1-4-8(11)10(14)15-9(13)6-5-7-12(2)3/h8H,4-7,11H2,1-3H3. The Bertz CT molecular complexity index is 217. The van der Waals surface area contributed by atoms with Gasteiger partial charge in [-0.1, -0.05) is 6.92 Å². The van der Waals surface area contributed by atoms with E-state index in [1.54, 1.807) is 6.92 Å². The predicted octanol–water partition coefficient (Wildman–Crippen LogP) is 0.135. The van der Waals surface area contributed by atoms with Gasteiger partial charge in [0.25, 0.3) is 0 Å². The number of carbonyl (C=O) groups is 2. The molecule has 0 aromatic heterocycles. The van der Waals surface area contributed by atoms with Gasteiger partial charge in [-0.25, -0.2) is 4.79 Å². The van der Waals surface area contributed by atoms with Crippen molar-refractivity contribution in [1.29, 1.82) is 0 Å². The minimum Gasteiger partial charge on any atom is -0.392 e. The molecule has 2 N–H and O–H groups in total. The van der Waals surface area contributed by atoms with E-state index in [9.17, 15) is 9.59 Å². The maximum absolute atomic E-state index is 11.1. The lowest BCUT2D eigenvalue weighted by Gasteiger charge is -2.09. The van der Waals surface area contributed by atoms with Gasteiger partial charge in [-0.2, -0.15) is 0 Å². The third-order valence-electron chi connectivity index (χ3n) is 1.94. The Morgan fingerprint density at radius 3 is 2.47 bits per heavy atom. The van der Waals surface area contributed by atoms with Crippen LogP contribution >= 0.6 is 0 Å². The molecule has 88 valence electrons. The molecule has 0 aliphatic rings. The van der Waals surface area contributed by atoms with Gasteiger partial charge in [0, 0.05) is 6.42 Å². The number of carbonyl (C=O) groups excluding carboxylic acids is 2. The van der Waals surface area contributed by atoms with Crippen molar-refractivity contribution in [2.75, 3.05) is 20.6 Å². The zero-order valence-corrected chi connectivity index (χ0v) is 9.66. The zero-order valence-electron chi connectivity index (χ0n) is 9.66. The molecule has 0 bridgehead atoms. The number of esters is 2. The Labute approximate surface area is 90.6 Å². The van der Waals surface area contributed by atoms with Crippen LogP contribution in [0.15, 0.2) is 0 Å². The van der Waals surface area contributed by atoms with Crippen molar-refractivity contribution in [2.24, 2.45) is 5.73 Å². The molecule has 0 spiro atoms. The summed E-state index contributed by atoms with van der Waals surface area (Å²) in [7, 11) is 3.84. The number of nitrogens with two attached hydrogens (primary N) is 1. The third-order valence-corrected chi connectivity index (χ3v) is 1.94. The third kappa shape index (κ3) is 7.04. The van der Waals surface area contributed by atoms with Gasteiger partial charge in [0.1, 0.15) is 6.04 Å². The normalized spacial score (nSPS) is 12.6. The van der Waals surface area contributed by atoms with E-state index in [2.05, 4.69) is 4.74 Å². The van der Waals surface area contributed by atoms with Gasteiger partial charge in [-0.15, -0.1) is 0 Å². The summed E-state index contributed by atoms with van der Waals surface area (Å²) in [6.07, 6.45) is 1.41. The van der Waals surface area contributed by atoms with Crippen molar-refractivity contribution in [3.05, 3.63) is 0 Å². The van der Waals surface area contributed by atoms with Gasteiger partial charge in [-0.3, -0.25) is 4.79 Å². The monoisotopic (exact) mass is 216 g/mol. The minimum absolute atomic E-state index is 0.250. The highest BCUT2D eigenvalue weighted by atomic mass is 16.6. The fraction of sp³-hybridized carbons (Fsp3) is 0.800. The van der Waals surface area contributed by atoms with Crippen LogP contribution in [-0.4, -0.2) is 43.5 Å². The summed E-state index contributed by atoms with van der Waals surface area (Å²) in [5.74, 6) is -1.13. The summed E-state index contributed by atoms with van der Waals surface area (Å²) in [6.45, 7) is 2.56. The van der Waals surface area contributed by atoms with E-state index in [1.807, 2.05) is 19.0 Å². The molecule has 5 nitrogen and oxygen atoms in total. The number of hydrogen-bond donors (Lipinski definition) is 1. The van der Waals surface area contributed by atoms with Crippen LogP contribution in [0.5, 0.6) is 0 Å². The molecule has 0 fully saturated rings. The molecule has 0 saturated carbocycles. The molecule has 0 rings (SSSR count). The molecule has 0 amide bonds. The Kier molecular flexibility index (Phi) is 6.90. The van der Waals surface area contributed by atoms with Crippen LogP contribution in [0.2, 0.25) is 0 Å². The van der Waals surface area contributed by atoms with Crippen molar-refractivity contribution in [3.8, 4) is 0 Å². The molecule has 0 radical (unpaired) electrons. The van der Waals surface area contributed by atoms with Crippen LogP contribution in [0.3, 0.4) is 0 Å². The first-order valence-corrected chi connectivity index (χ1v) is 5.12. The molecular formula is C10H20N2O3. The van der Waals surface area contributed by atoms with Crippen LogP contribution in [0.1, 0.15) is 26.2 Å². The maximum atomic E-state index is 11.1. The number of ether oxygens (including phenoxy) is 1. The van der Waals surface area contributed by atoms with E-state index < -0.39 is 18.0 Å². The highest BCUT2D eigenvalue weighted by Crippen LogP contribution is 1.97. The van der Waals surface area contributed by atoms with Crippen molar-refractivity contribution in [1.82, 2.24) is 4.90 Å². The second-order valence-electron chi connectivity index (χ2n) is 3.71. The average Bonchev–Trinajstić information content (AvgIpc) is 2.15. The van der Waals surface area contributed by atoms with Crippen LogP contribution in [-0.2, 0) is 14.3 Å². The van der Waals surface area contributed by atoms with Gasteiger partial charge >= 0.3 is 11.9 Å². The lowest BCUT2D eigenvalue weighted by atomic mass is 10.2. The van der Waals surface area contributed by atoms with Crippen LogP contribution in [0.25, 0.3) is 0 Å². The second-order valence-corrected chi connectivity index (χ2v) is 3.71. The van der Waals surface area contributed by atoms with Crippen molar-refractivity contribution >= 4 is 11.9 Å². The van der Waals surface area contributed by atoms with Gasteiger partial charge in [0.15, 0.2) is 0 Å².